The number of aryl methyl sites for hydroxylation is 1. The Morgan fingerprint density at radius 3 is 2.59 bits per heavy atom. The molecule has 3 atom stereocenters. The largest absolute Gasteiger partial charge is 0.483 e. The molecular weight excluding hydrogens is 404 g/mol. The SMILES string of the molecule is Cc1ccccc1[C@@H]1[C@H]2CN(Cc3cccnc3N)C[C@H]2CN1C(=O)C1CCC1.O=CO. The second-order valence-corrected chi connectivity index (χ2v) is 9.19. The highest BCUT2D eigenvalue weighted by Crippen LogP contribution is 2.47. The number of likely N-dealkylation sites (tertiary alicyclic amines) is 2. The molecule has 0 radical (unpaired) electrons. The quantitative estimate of drug-likeness (QED) is 0.715. The number of hydrogen-bond acceptors (Lipinski definition) is 5. The Balaban J connectivity index is 0.000000775. The van der Waals surface area contributed by atoms with Gasteiger partial charge in [-0.3, -0.25) is 14.5 Å². The van der Waals surface area contributed by atoms with Crippen molar-refractivity contribution in [2.75, 3.05) is 25.4 Å². The maximum Gasteiger partial charge on any atom is 0.290 e. The lowest BCUT2D eigenvalue weighted by Gasteiger charge is -2.35. The highest BCUT2D eigenvalue weighted by Gasteiger charge is 2.50. The number of rotatable bonds is 4. The number of hydrogen-bond donors (Lipinski definition) is 2. The summed E-state index contributed by atoms with van der Waals surface area (Å²) in [5.41, 5.74) is 9.80. The van der Waals surface area contributed by atoms with E-state index in [4.69, 9.17) is 15.6 Å². The van der Waals surface area contributed by atoms with E-state index in [-0.39, 0.29) is 18.4 Å². The van der Waals surface area contributed by atoms with E-state index >= 15 is 0 Å². The number of carbonyl (C=O) groups excluding carboxylic acids is 1. The van der Waals surface area contributed by atoms with Crippen LogP contribution in [0.15, 0.2) is 42.6 Å². The van der Waals surface area contributed by atoms with Crippen LogP contribution in [0.3, 0.4) is 0 Å². The van der Waals surface area contributed by atoms with Crippen LogP contribution < -0.4 is 5.73 Å². The van der Waals surface area contributed by atoms with Gasteiger partial charge in [0.15, 0.2) is 0 Å². The predicted octanol–water partition coefficient (Wildman–Crippen LogP) is 3.10. The summed E-state index contributed by atoms with van der Waals surface area (Å²) in [6.07, 6.45) is 5.08. The number of carboxylic acid groups (broad SMARTS) is 1. The first-order valence-electron chi connectivity index (χ1n) is 11.4. The minimum atomic E-state index is -0.250. The lowest BCUT2D eigenvalue weighted by molar-refractivity contribution is -0.139. The summed E-state index contributed by atoms with van der Waals surface area (Å²) >= 11 is 0. The molecule has 1 aromatic carbocycles. The van der Waals surface area contributed by atoms with Gasteiger partial charge in [0.05, 0.1) is 6.04 Å². The van der Waals surface area contributed by atoms with Gasteiger partial charge in [-0.2, -0.15) is 0 Å². The molecule has 0 spiro atoms. The van der Waals surface area contributed by atoms with Gasteiger partial charge in [-0.1, -0.05) is 36.8 Å². The maximum atomic E-state index is 13.3. The van der Waals surface area contributed by atoms with E-state index in [1.165, 1.54) is 17.5 Å². The Morgan fingerprint density at radius 2 is 1.94 bits per heavy atom. The molecule has 5 rings (SSSR count). The number of nitrogens with two attached hydrogens (primary N) is 1. The van der Waals surface area contributed by atoms with Crippen molar-refractivity contribution >= 4 is 18.2 Å². The van der Waals surface area contributed by atoms with Gasteiger partial charge >= 0.3 is 0 Å². The van der Waals surface area contributed by atoms with E-state index in [0.717, 1.165) is 44.6 Å². The van der Waals surface area contributed by atoms with Gasteiger partial charge in [0, 0.05) is 49.8 Å². The highest BCUT2D eigenvalue weighted by molar-refractivity contribution is 5.80. The van der Waals surface area contributed by atoms with Crippen molar-refractivity contribution in [3.8, 4) is 0 Å². The van der Waals surface area contributed by atoms with Crippen molar-refractivity contribution in [1.29, 1.82) is 0 Å². The number of benzene rings is 1. The number of anilines is 1. The fraction of sp³-hybridized carbons (Fsp3) is 0.480. The van der Waals surface area contributed by atoms with E-state index in [1.807, 2.05) is 6.07 Å². The highest BCUT2D eigenvalue weighted by atomic mass is 16.3. The Morgan fingerprint density at radius 1 is 1.19 bits per heavy atom. The number of nitrogens with zero attached hydrogens (tertiary/aromatic N) is 3. The molecule has 1 aromatic heterocycles. The number of amides is 1. The summed E-state index contributed by atoms with van der Waals surface area (Å²) in [4.78, 5) is 30.6. The minimum Gasteiger partial charge on any atom is -0.483 e. The van der Waals surface area contributed by atoms with Crippen molar-refractivity contribution in [2.45, 2.75) is 38.8 Å². The lowest BCUT2D eigenvalue weighted by Crippen LogP contribution is -2.41. The van der Waals surface area contributed by atoms with Crippen LogP contribution >= 0.6 is 0 Å². The molecule has 32 heavy (non-hydrogen) atoms. The predicted molar refractivity (Wildman–Crippen MR) is 123 cm³/mol. The van der Waals surface area contributed by atoms with Crippen LogP contribution in [-0.4, -0.2) is 51.9 Å². The molecule has 2 aromatic rings. The molecule has 0 unspecified atom stereocenters. The molecule has 3 fully saturated rings. The van der Waals surface area contributed by atoms with Crippen molar-refractivity contribution in [2.24, 2.45) is 17.8 Å². The molecule has 3 aliphatic rings. The first-order chi connectivity index (χ1) is 15.5. The zero-order chi connectivity index (χ0) is 22.7. The molecule has 170 valence electrons. The van der Waals surface area contributed by atoms with Gasteiger partial charge in [-0.15, -0.1) is 0 Å². The second kappa shape index (κ2) is 9.69. The molecule has 3 N–H and O–H groups in total. The first-order valence-corrected chi connectivity index (χ1v) is 11.4. The normalized spacial score (nSPS) is 24.9. The van der Waals surface area contributed by atoms with E-state index in [0.29, 0.717) is 23.6 Å². The summed E-state index contributed by atoms with van der Waals surface area (Å²) in [6, 6.07) is 12.8. The smallest absolute Gasteiger partial charge is 0.290 e. The zero-order valence-corrected chi connectivity index (χ0v) is 18.6. The van der Waals surface area contributed by atoms with Crippen molar-refractivity contribution in [3.05, 3.63) is 59.3 Å². The first kappa shape index (κ1) is 22.3. The van der Waals surface area contributed by atoms with E-state index in [1.54, 1.807) is 6.20 Å². The van der Waals surface area contributed by atoms with Gasteiger partial charge < -0.3 is 15.7 Å². The summed E-state index contributed by atoms with van der Waals surface area (Å²) < 4.78 is 0. The third kappa shape index (κ3) is 4.35. The standard InChI is InChI=1S/C24H30N4O.CH2O2/c1-16-6-2-3-10-20(16)22-21-15-27(12-18-9-5-11-26-23(18)25)13-19(21)14-28(22)24(29)17-7-4-8-17;2-1-3/h2-3,5-6,9-11,17,19,21-22H,4,7-8,12-15H2,1H3,(H2,25,26);1H,(H,2,3)/t19-,21-,22+;/m0./s1. The Labute approximate surface area is 189 Å². The van der Waals surface area contributed by atoms with Gasteiger partial charge in [0.1, 0.15) is 5.82 Å². The minimum absolute atomic E-state index is 0.200. The topological polar surface area (TPSA) is 99.8 Å². The molecule has 1 saturated carbocycles. The molecule has 7 heteroatoms. The third-order valence-corrected chi connectivity index (χ3v) is 7.30. The fourth-order valence-electron chi connectivity index (χ4n) is 5.53. The van der Waals surface area contributed by atoms with Gasteiger partial charge in [-0.05, 0) is 42.9 Å². The van der Waals surface area contributed by atoms with E-state index < -0.39 is 0 Å². The molecule has 1 aliphatic carbocycles. The average molecular weight is 437 g/mol. The molecule has 2 aliphatic heterocycles. The number of aromatic nitrogens is 1. The molecule has 2 saturated heterocycles. The zero-order valence-electron chi connectivity index (χ0n) is 18.6. The summed E-state index contributed by atoms with van der Waals surface area (Å²) in [7, 11) is 0. The van der Waals surface area contributed by atoms with Crippen LogP contribution in [0, 0.1) is 24.7 Å². The van der Waals surface area contributed by atoms with Crippen LogP contribution in [0.25, 0.3) is 0 Å². The van der Waals surface area contributed by atoms with Gasteiger partial charge in [0.2, 0.25) is 5.91 Å². The summed E-state index contributed by atoms with van der Waals surface area (Å²) in [5.74, 6) is 2.29. The van der Waals surface area contributed by atoms with Crippen LogP contribution in [0.4, 0.5) is 5.82 Å². The summed E-state index contributed by atoms with van der Waals surface area (Å²) in [5, 5.41) is 6.89. The van der Waals surface area contributed by atoms with Crippen molar-refractivity contribution < 1.29 is 14.7 Å². The van der Waals surface area contributed by atoms with Crippen LogP contribution in [-0.2, 0) is 16.1 Å². The van der Waals surface area contributed by atoms with E-state index in [9.17, 15) is 4.79 Å². The van der Waals surface area contributed by atoms with E-state index in [2.05, 4.69) is 52.0 Å². The monoisotopic (exact) mass is 436 g/mol. The fourth-order valence-corrected chi connectivity index (χ4v) is 5.53. The Hall–Kier alpha value is -2.93. The molecule has 7 nitrogen and oxygen atoms in total. The number of nitrogen functional groups attached to an aromatic ring is 1. The van der Waals surface area contributed by atoms with Gasteiger partial charge in [0.25, 0.3) is 6.47 Å². The van der Waals surface area contributed by atoms with Crippen LogP contribution in [0.1, 0.15) is 42.0 Å². The van der Waals surface area contributed by atoms with Crippen LogP contribution in [0.5, 0.6) is 0 Å². The third-order valence-electron chi connectivity index (χ3n) is 7.30. The van der Waals surface area contributed by atoms with Crippen molar-refractivity contribution in [1.82, 2.24) is 14.8 Å². The maximum absolute atomic E-state index is 13.3. The molecular formula is C25H32N4O3. The number of carbonyl (C=O) groups is 2. The van der Waals surface area contributed by atoms with Gasteiger partial charge in [-0.25, -0.2) is 4.98 Å². The number of fused-ring (bicyclic) bond motifs is 1. The molecule has 3 heterocycles. The number of pyridine rings is 1. The lowest BCUT2D eigenvalue weighted by atomic mass is 9.83. The molecule has 0 bridgehead atoms. The average Bonchev–Trinajstić information content (AvgIpc) is 3.27. The summed E-state index contributed by atoms with van der Waals surface area (Å²) in [6.45, 7) is 5.68. The molecule has 1 amide bonds. The Kier molecular flexibility index (Phi) is 6.74. The Bertz CT molecular complexity index is 962. The second-order valence-electron chi connectivity index (χ2n) is 9.19. The van der Waals surface area contributed by atoms with Crippen molar-refractivity contribution in [3.63, 3.8) is 0 Å². The van der Waals surface area contributed by atoms with Crippen LogP contribution in [0.2, 0.25) is 0 Å².